The molecule has 1 aliphatic heterocycles. The minimum Gasteiger partial charge on any atom is -0.399 e. The van der Waals surface area contributed by atoms with Gasteiger partial charge < -0.3 is 41.0 Å². The summed E-state index contributed by atoms with van der Waals surface area (Å²) in [5.74, 6) is -2.31. The summed E-state index contributed by atoms with van der Waals surface area (Å²) in [6.07, 6.45) is 0.994. The summed E-state index contributed by atoms with van der Waals surface area (Å²) < 4.78 is 12.1. The zero-order valence-corrected chi connectivity index (χ0v) is 38.1. The van der Waals surface area contributed by atoms with Crippen molar-refractivity contribution in [1.29, 1.82) is 0 Å². The van der Waals surface area contributed by atoms with Crippen molar-refractivity contribution in [3.63, 3.8) is 0 Å². The maximum atomic E-state index is 14.4. The molecule has 1 heterocycles. The van der Waals surface area contributed by atoms with Gasteiger partial charge in [0.25, 0.3) is 0 Å². The fourth-order valence-corrected chi connectivity index (χ4v) is 8.57. The maximum absolute atomic E-state index is 14.4. The summed E-state index contributed by atoms with van der Waals surface area (Å²) in [6, 6.07) is 13.3. The molecule has 2 aromatic carbocycles. The number of likely N-dealkylation sites (tertiary alicyclic amines) is 1. The SMILES string of the molecule is CCC(C)C(C(CC(=O)N1CCCC1C(OC)C(C)C(=O)N[C@@H](Cc1ccccc1)C(=O)Nc1ccc(N)cc1)OC)N(C)C(=O)[C@@H](NC(=O)C(C(C)C)N(C)C)C(C)C. The number of rotatable bonds is 22. The Morgan fingerprint density at radius 3 is 2.00 bits per heavy atom. The Bertz CT molecular complexity index is 1680. The standard InChI is InChI=1S/C46H73N7O7/c1-13-30(6)41(52(10)46(58)39(28(2)3)50-45(57)40(29(4)5)51(8)9)37(59-11)27-38(54)53-25-17-20-36(53)42(60-12)31(7)43(55)49-35(26-32-18-15-14-16-19-32)44(56)48-34-23-21-33(47)22-24-34/h14-16,18-19,21-24,28-31,35-37,39-42H,13,17,20,25-27,47H2,1-12H3,(H,48,56)(H,49,55)(H,50,57)/t30?,31?,35-,36?,37?,39-,40?,41?,42?/m0/s1. The minimum atomic E-state index is -0.897. The van der Waals surface area contributed by atoms with E-state index in [1.807, 2.05) is 90.9 Å². The average molecular weight is 836 g/mol. The second kappa shape index (κ2) is 23.5. The molecule has 5 N–H and O–H groups in total. The Labute approximate surface area is 358 Å². The Morgan fingerprint density at radius 2 is 1.47 bits per heavy atom. The van der Waals surface area contributed by atoms with Crippen LogP contribution in [0.2, 0.25) is 0 Å². The number of hydrogen-bond donors (Lipinski definition) is 4. The van der Waals surface area contributed by atoms with E-state index in [1.165, 1.54) is 7.11 Å². The molecule has 0 aromatic heterocycles. The lowest BCUT2D eigenvalue weighted by Gasteiger charge is -2.41. The average Bonchev–Trinajstić information content (AvgIpc) is 3.69. The molecule has 2 aromatic rings. The number of nitrogens with zero attached hydrogens (tertiary/aromatic N) is 3. The first-order valence-corrected chi connectivity index (χ1v) is 21.5. The van der Waals surface area contributed by atoms with Crippen LogP contribution in [-0.4, -0.2) is 129 Å². The molecule has 9 atom stereocenters. The van der Waals surface area contributed by atoms with Crippen molar-refractivity contribution in [2.75, 3.05) is 53.0 Å². The van der Waals surface area contributed by atoms with Crippen LogP contribution in [0.3, 0.4) is 0 Å². The van der Waals surface area contributed by atoms with E-state index in [1.54, 1.807) is 55.1 Å². The van der Waals surface area contributed by atoms with E-state index >= 15 is 0 Å². The molecule has 14 heteroatoms. The first-order valence-electron chi connectivity index (χ1n) is 21.5. The molecule has 0 bridgehead atoms. The number of methoxy groups -OCH3 is 2. The van der Waals surface area contributed by atoms with Gasteiger partial charge >= 0.3 is 0 Å². The number of likely N-dealkylation sites (N-methyl/N-ethyl adjacent to an activating group) is 2. The molecule has 5 amide bonds. The second-order valence-corrected chi connectivity index (χ2v) is 17.3. The van der Waals surface area contributed by atoms with Gasteiger partial charge in [0, 0.05) is 45.6 Å². The van der Waals surface area contributed by atoms with Gasteiger partial charge in [-0.05, 0) is 74.5 Å². The van der Waals surface area contributed by atoms with Gasteiger partial charge in [-0.1, -0.05) is 85.2 Å². The molecule has 1 aliphatic rings. The number of anilines is 2. The smallest absolute Gasteiger partial charge is 0.247 e. The first kappa shape index (κ1) is 49.8. The van der Waals surface area contributed by atoms with Crippen LogP contribution in [0.1, 0.15) is 79.7 Å². The summed E-state index contributed by atoms with van der Waals surface area (Å²) in [5, 5.41) is 8.91. The van der Waals surface area contributed by atoms with Gasteiger partial charge in [0.05, 0.1) is 42.7 Å². The van der Waals surface area contributed by atoms with E-state index < -0.39 is 48.3 Å². The number of hydrogen-bond acceptors (Lipinski definition) is 9. The van der Waals surface area contributed by atoms with E-state index in [2.05, 4.69) is 16.0 Å². The predicted molar refractivity (Wildman–Crippen MR) is 237 cm³/mol. The van der Waals surface area contributed by atoms with Crippen LogP contribution >= 0.6 is 0 Å². The fraction of sp³-hybridized carbons (Fsp3) is 0.630. The van der Waals surface area contributed by atoms with Gasteiger partial charge in [-0.15, -0.1) is 0 Å². The molecule has 0 radical (unpaired) electrons. The van der Waals surface area contributed by atoms with E-state index in [-0.39, 0.29) is 60.1 Å². The topological polar surface area (TPSA) is 176 Å². The Balaban J connectivity index is 1.81. The summed E-state index contributed by atoms with van der Waals surface area (Å²) >= 11 is 0. The lowest BCUT2D eigenvalue weighted by molar-refractivity contribution is -0.148. The molecular weight excluding hydrogens is 763 g/mol. The Hall–Kier alpha value is -4.53. The predicted octanol–water partition coefficient (Wildman–Crippen LogP) is 4.58. The van der Waals surface area contributed by atoms with Crippen molar-refractivity contribution in [3.05, 3.63) is 60.2 Å². The zero-order chi connectivity index (χ0) is 44.8. The van der Waals surface area contributed by atoms with Crippen molar-refractivity contribution in [2.24, 2.45) is 23.7 Å². The number of nitrogen functional groups attached to an aromatic ring is 1. The highest BCUT2D eigenvalue weighted by Gasteiger charge is 2.43. The Kier molecular flexibility index (Phi) is 19.5. The molecule has 1 fully saturated rings. The van der Waals surface area contributed by atoms with Crippen LogP contribution in [0, 0.1) is 23.7 Å². The summed E-state index contributed by atoms with van der Waals surface area (Å²) in [6.45, 7) is 14.1. The molecule has 14 nitrogen and oxygen atoms in total. The summed E-state index contributed by atoms with van der Waals surface area (Å²) in [7, 11) is 8.52. The third-order valence-corrected chi connectivity index (χ3v) is 12.0. The normalized spacial score (nSPS) is 18.2. The second-order valence-electron chi connectivity index (χ2n) is 17.3. The van der Waals surface area contributed by atoms with Gasteiger partial charge in [0.2, 0.25) is 29.5 Å². The zero-order valence-electron chi connectivity index (χ0n) is 38.1. The number of amides is 5. The van der Waals surface area contributed by atoms with E-state index in [9.17, 15) is 24.0 Å². The van der Waals surface area contributed by atoms with Gasteiger partial charge in [-0.25, -0.2) is 0 Å². The number of nitrogens with two attached hydrogens (primary N) is 1. The van der Waals surface area contributed by atoms with Crippen LogP contribution < -0.4 is 21.7 Å². The molecule has 0 aliphatic carbocycles. The van der Waals surface area contributed by atoms with Crippen LogP contribution in [0.4, 0.5) is 11.4 Å². The van der Waals surface area contributed by atoms with Crippen molar-refractivity contribution in [1.82, 2.24) is 25.3 Å². The molecule has 60 heavy (non-hydrogen) atoms. The number of nitrogens with one attached hydrogen (secondary N) is 3. The highest BCUT2D eigenvalue weighted by Crippen LogP contribution is 2.30. The number of carbonyl (C=O) groups is 5. The quantitative estimate of drug-likeness (QED) is 0.124. The summed E-state index contributed by atoms with van der Waals surface area (Å²) in [5.41, 5.74) is 7.83. The van der Waals surface area contributed by atoms with Gasteiger partial charge in [-0.3, -0.25) is 28.9 Å². The molecule has 0 spiro atoms. The molecule has 334 valence electrons. The van der Waals surface area contributed by atoms with E-state index in [4.69, 9.17) is 15.2 Å². The van der Waals surface area contributed by atoms with Gasteiger partial charge in [-0.2, -0.15) is 0 Å². The first-order chi connectivity index (χ1) is 28.4. The van der Waals surface area contributed by atoms with Gasteiger partial charge in [0.1, 0.15) is 12.1 Å². The summed E-state index contributed by atoms with van der Waals surface area (Å²) in [4.78, 5) is 75.1. The van der Waals surface area contributed by atoms with Crippen molar-refractivity contribution in [2.45, 2.75) is 123 Å². The van der Waals surface area contributed by atoms with Crippen LogP contribution in [0.25, 0.3) is 0 Å². The number of carbonyl (C=O) groups excluding carboxylic acids is 5. The van der Waals surface area contributed by atoms with Crippen LogP contribution in [0.15, 0.2) is 54.6 Å². The molecule has 3 rings (SSSR count). The molecule has 7 unspecified atom stereocenters. The number of ether oxygens (including phenoxy) is 2. The molecule has 0 saturated carbocycles. The van der Waals surface area contributed by atoms with Crippen LogP contribution in [0.5, 0.6) is 0 Å². The minimum absolute atomic E-state index is 0.00411. The monoisotopic (exact) mass is 836 g/mol. The van der Waals surface area contributed by atoms with E-state index in [0.717, 1.165) is 18.4 Å². The number of benzene rings is 2. The third-order valence-electron chi connectivity index (χ3n) is 12.0. The molecule has 1 saturated heterocycles. The largest absolute Gasteiger partial charge is 0.399 e. The maximum Gasteiger partial charge on any atom is 0.247 e. The third kappa shape index (κ3) is 13.2. The highest BCUT2D eigenvalue weighted by atomic mass is 16.5. The highest BCUT2D eigenvalue weighted by molar-refractivity contribution is 5.98. The fourth-order valence-electron chi connectivity index (χ4n) is 8.57. The van der Waals surface area contributed by atoms with Crippen molar-refractivity contribution < 1.29 is 33.4 Å². The lowest BCUT2D eigenvalue weighted by Crippen LogP contribution is -2.59. The lowest BCUT2D eigenvalue weighted by atomic mass is 9.89. The van der Waals surface area contributed by atoms with Crippen molar-refractivity contribution in [3.8, 4) is 0 Å². The van der Waals surface area contributed by atoms with Crippen molar-refractivity contribution >= 4 is 40.9 Å². The Morgan fingerprint density at radius 1 is 0.833 bits per heavy atom. The van der Waals surface area contributed by atoms with E-state index in [0.29, 0.717) is 24.3 Å². The molecular formula is C46H73N7O7. The van der Waals surface area contributed by atoms with Gasteiger partial charge in [0.15, 0.2) is 0 Å². The van der Waals surface area contributed by atoms with Crippen LogP contribution in [-0.2, 0) is 39.9 Å².